The molecule has 3 heterocycles. The highest BCUT2D eigenvalue weighted by Gasteiger charge is 2.36. The van der Waals surface area contributed by atoms with E-state index < -0.39 is 0 Å². The number of carbonyl (C=O) groups excluding carboxylic acids is 1. The lowest BCUT2D eigenvalue weighted by molar-refractivity contribution is 0.0919. The molecule has 2 saturated heterocycles. The van der Waals surface area contributed by atoms with Gasteiger partial charge in [0.1, 0.15) is 0 Å². The number of fused-ring (bicyclic) bond motifs is 1. The third kappa shape index (κ3) is 2.24. The van der Waals surface area contributed by atoms with Crippen LogP contribution in [-0.2, 0) is 0 Å². The Balaban J connectivity index is 1.64. The fourth-order valence-corrected chi connectivity index (χ4v) is 3.69. The predicted molar refractivity (Wildman–Crippen MR) is 69.4 cm³/mol. The van der Waals surface area contributed by atoms with Crippen LogP contribution in [-0.4, -0.2) is 36.0 Å². The summed E-state index contributed by atoms with van der Waals surface area (Å²) in [6.45, 7) is 2.37. The summed E-state index contributed by atoms with van der Waals surface area (Å²) in [6.07, 6.45) is 4.99. The van der Waals surface area contributed by atoms with Crippen molar-refractivity contribution in [3.8, 4) is 0 Å². The van der Waals surface area contributed by atoms with Crippen LogP contribution in [0, 0.1) is 0 Å². The number of amides is 1. The SMILES string of the molecule is O=C(N[C@@H]1CCN2CCCC[C@@H]12)c1cccs1. The highest BCUT2D eigenvalue weighted by atomic mass is 32.1. The molecule has 3 nitrogen and oxygen atoms in total. The van der Waals surface area contributed by atoms with Gasteiger partial charge in [0.25, 0.3) is 5.91 Å². The van der Waals surface area contributed by atoms with Gasteiger partial charge in [-0.15, -0.1) is 11.3 Å². The minimum atomic E-state index is 0.109. The number of nitrogens with one attached hydrogen (secondary N) is 1. The molecule has 2 atom stereocenters. The molecule has 0 unspecified atom stereocenters. The van der Waals surface area contributed by atoms with E-state index in [0.29, 0.717) is 12.1 Å². The van der Waals surface area contributed by atoms with Gasteiger partial charge < -0.3 is 5.32 Å². The molecule has 0 spiro atoms. The second kappa shape index (κ2) is 4.78. The summed E-state index contributed by atoms with van der Waals surface area (Å²) in [6, 6.07) is 4.78. The van der Waals surface area contributed by atoms with Gasteiger partial charge in [-0.05, 0) is 37.3 Å². The van der Waals surface area contributed by atoms with Gasteiger partial charge >= 0.3 is 0 Å². The van der Waals surface area contributed by atoms with Crippen LogP contribution in [0.3, 0.4) is 0 Å². The molecule has 2 aliphatic rings. The summed E-state index contributed by atoms with van der Waals surface area (Å²) in [4.78, 5) is 15.4. The van der Waals surface area contributed by atoms with Crippen molar-refractivity contribution in [1.29, 1.82) is 0 Å². The van der Waals surface area contributed by atoms with Crippen molar-refractivity contribution in [3.05, 3.63) is 22.4 Å². The van der Waals surface area contributed by atoms with Crippen LogP contribution in [0.2, 0.25) is 0 Å². The zero-order chi connectivity index (χ0) is 11.7. The molecule has 17 heavy (non-hydrogen) atoms. The third-order valence-corrected chi connectivity index (χ3v) is 4.79. The number of piperidine rings is 1. The van der Waals surface area contributed by atoms with E-state index in [9.17, 15) is 4.79 Å². The van der Waals surface area contributed by atoms with Gasteiger partial charge in [0.15, 0.2) is 0 Å². The predicted octanol–water partition coefficient (Wildman–Crippen LogP) is 2.10. The van der Waals surface area contributed by atoms with E-state index in [1.165, 1.54) is 37.1 Å². The molecule has 3 rings (SSSR count). The van der Waals surface area contributed by atoms with Gasteiger partial charge in [0.2, 0.25) is 0 Å². The number of hydrogen-bond donors (Lipinski definition) is 1. The molecule has 0 aromatic carbocycles. The number of hydrogen-bond acceptors (Lipinski definition) is 3. The summed E-state index contributed by atoms with van der Waals surface area (Å²) in [5.74, 6) is 0.109. The van der Waals surface area contributed by atoms with Crippen LogP contribution in [0.25, 0.3) is 0 Å². The standard InChI is InChI=1S/C13H18N2OS/c16-13(12-5-3-9-17-12)14-10-6-8-15-7-2-1-4-11(10)15/h3,5,9-11H,1-2,4,6-8H2,(H,14,16)/t10-,11+/m1/s1. The second-order valence-electron chi connectivity index (χ2n) is 4.95. The number of nitrogens with zero attached hydrogens (tertiary/aromatic N) is 1. The first-order valence-electron chi connectivity index (χ1n) is 6.43. The maximum Gasteiger partial charge on any atom is 0.261 e. The average molecular weight is 250 g/mol. The molecule has 92 valence electrons. The van der Waals surface area contributed by atoms with Crippen molar-refractivity contribution < 1.29 is 4.79 Å². The van der Waals surface area contributed by atoms with Crippen LogP contribution < -0.4 is 5.32 Å². The minimum absolute atomic E-state index is 0.109. The Morgan fingerprint density at radius 2 is 2.29 bits per heavy atom. The van der Waals surface area contributed by atoms with E-state index in [4.69, 9.17) is 0 Å². The lowest BCUT2D eigenvalue weighted by Gasteiger charge is -2.32. The van der Waals surface area contributed by atoms with Gasteiger partial charge in [-0.1, -0.05) is 12.5 Å². The van der Waals surface area contributed by atoms with Crippen LogP contribution >= 0.6 is 11.3 Å². The van der Waals surface area contributed by atoms with Crippen molar-refractivity contribution in [2.24, 2.45) is 0 Å². The van der Waals surface area contributed by atoms with Crippen LogP contribution in [0.15, 0.2) is 17.5 Å². The highest BCUT2D eigenvalue weighted by molar-refractivity contribution is 7.12. The van der Waals surface area contributed by atoms with Crippen molar-refractivity contribution in [2.45, 2.75) is 37.8 Å². The van der Waals surface area contributed by atoms with Gasteiger partial charge in [-0.2, -0.15) is 0 Å². The zero-order valence-electron chi connectivity index (χ0n) is 9.89. The molecule has 2 aliphatic heterocycles. The average Bonchev–Trinajstić information content (AvgIpc) is 2.98. The van der Waals surface area contributed by atoms with E-state index in [0.717, 1.165) is 17.8 Å². The molecule has 1 amide bonds. The van der Waals surface area contributed by atoms with E-state index in [2.05, 4.69) is 10.2 Å². The second-order valence-corrected chi connectivity index (χ2v) is 5.89. The number of rotatable bonds is 2. The molecule has 4 heteroatoms. The molecular formula is C13H18N2OS. The first kappa shape index (κ1) is 11.2. The summed E-state index contributed by atoms with van der Waals surface area (Å²) in [5, 5.41) is 5.17. The summed E-state index contributed by atoms with van der Waals surface area (Å²) in [5.41, 5.74) is 0. The van der Waals surface area contributed by atoms with Crippen LogP contribution in [0.5, 0.6) is 0 Å². The molecular weight excluding hydrogens is 232 g/mol. The molecule has 0 saturated carbocycles. The topological polar surface area (TPSA) is 32.3 Å². The lowest BCUT2D eigenvalue weighted by Crippen LogP contribution is -2.46. The highest BCUT2D eigenvalue weighted by Crippen LogP contribution is 2.27. The minimum Gasteiger partial charge on any atom is -0.347 e. The largest absolute Gasteiger partial charge is 0.347 e. The van der Waals surface area contributed by atoms with E-state index in [1.807, 2.05) is 17.5 Å². The van der Waals surface area contributed by atoms with Crippen molar-refractivity contribution in [3.63, 3.8) is 0 Å². The maximum atomic E-state index is 12.0. The van der Waals surface area contributed by atoms with Gasteiger partial charge in [-0.3, -0.25) is 9.69 Å². The van der Waals surface area contributed by atoms with Gasteiger partial charge in [0, 0.05) is 18.6 Å². The number of thiophene rings is 1. The third-order valence-electron chi connectivity index (χ3n) is 3.92. The summed E-state index contributed by atoms with van der Waals surface area (Å²) in [7, 11) is 0. The number of carbonyl (C=O) groups is 1. The molecule has 1 N–H and O–H groups in total. The quantitative estimate of drug-likeness (QED) is 0.872. The Morgan fingerprint density at radius 1 is 1.35 bits per heavy atom. The fraction of sp³-hybridized carbons (Fsp3) is 0.615. The molecule has 0 aliphatic carbocycles. The van der Waals surface area contributed by atoms with Crippen LogP contribution in [0.1, 0.15) is 35.4 Å². The van der Waals surface area contributed by atoms with Gasteiger partial charge in [-0.25, -0.2) is 0 Å². The normalized spacial score (nSPS) is 28.9. The summed E-state index contributed by atoms with van der Waals surface area (Å²) < 4.78 is 0. The Kier molecular flexibility index (Phi) is 3.16. The Morgan fingerprint density at radius 3 is 3.12 bits per heavy atom. The molecule has 2 fully saturated rings. The molecule has 0 bridgehead atoms. The van der Waals surface area contributed by atoms with Crippen molar-refractivity contribution in [2.75, 3.05) is 13.1 Å². The van der Waals surface area contributed by atoms with Crippen LogP contribution in [0.4, 0.5) is 0 Å². The first-order chi connectivity index (χ1) is 8.34. The molecule has 0 radical (unpaired) electrons. The smallest absolute Gasteiger partial charge is 0.261 e. The van der Waals surface area contributed by atoms with E-state index in [-0.39, 0.29) is 5.91 Å². The zero-order valence-corrected chi connectivity index (χ0v) is 10.7. The Bertz CT molecular complexity index is 390. The summed E-state index contributed by atoms with van der Waals surface area (Å²) >= 11 is 1.52. The molecule has 1 aromatic heterocycles. The van der Waals surface area contributed by atoms with Gasteiger partial charge in [0.05, 0.1) is 4.88 Å². The molecule has 1 aromatic rings. The Hall–Kier alpha value is -0.870. The lowest BCUT2D eigenvalue weighted by atomic mass is 9.99. The van der Waals surface area contributed by atoms with E-state index in [1.54, 1.807) is 0 Å². The van der Waals surface area contributed by atoms with Crippen molar-refractivity contribution >= 4 is 17.2 Å². The van der Waals surface area contributed by atoms with E-state index >= 15 is 0 Å². The monoisotopic (exact) mass is 250 g/mol. The van der Waals surface area contributed by atoms with Crippen molar-refractivity contribution in [1.82, 2.24) is 10.2 Å². The Labute approximate surface area is 106 Å². The fourth-order valence-electron chi connectivity index (χ4n) is 3.06. The first-order valence-corrected chi connectivity index (χ1v) is 7.31. The maximum absolute atomic E-state index is 12.0.